The van der Waals surface area contributed by atoms with Crippen LogP contribution >= 0.6 is 11.8 Å². The normalized spacial score (nSPS) is 10.3. The summed E-state index contributed by atoms with van der Waals surface area (Å²) in [7, 11) is 0. The van der Waals surface area contributed by atoms with E-state index in [1.807, 2.05) is 30.3 Å². The van der Waals surface area contributed by atoms with E-state index in [0.29, 0.717) is 21.8 Å². The quantitative estimate of drug-likeness (QED) is 0.680. The molecule has 0 unspecified atom stereocenters. The molecular formula is C20H16N2O2S. The second-order valence-electron chi connectivity index (χ2n) is 5.33. The number of amides is 1. The Balaban J connectivity index is 1.87. The van der Waals surface area contributed by atoms with E-state index in [-0.39, 0.29) is 11.7 Å². The Kier molecular flexibility index (Phi) is 5.26. The van der Waals surface area contributed by atoms with Crippen LogP contribution in [0.4, 0.5) is 5.69 Å². The molecule has 0 saturated heterocycles. The van der Waals surface area contributed by atoms with E-state index in [9.17, 15) is 9.59 Å². The highest BCUT2D eigenvalue weighted by molar-refractivity contribution is 7.99. The molecule has 1 N–H and O–H groups in total. The molecule has 1 heterocycles. The lowest BCUT2D eigenvalue weighted by Crippen LogP contribution is -2.15. The van der Waals surface area contributed by atoms with Crippen molar-refractivity contribution in [2.75, 3.05) is 5.32 Å². The van der Waals surface area contributed by atoms with E-state index >= 15 is 0 Å². The maximum absolute atomic E-state index is 12.7. The molecule has 0 saturated carbocycles. The zero-order valence-corrected chi connectivity index (χ0v) is 14.4. The first kappa shape index (κ1) is 16.9. The summed E-state index contributed by atoms with van der Waals surface area (Å²) in [6.45, 7) is 1.48. The summed E-state index contributed by atoms with van der Waals surface area (Å²) >= 11 is 1.42. The number of nitrogens with zero attached hydrogens (tertiary/aromatic N) is 1. The van der Waals surface area contributed by atoms with Crippen molar-refractivity contribution in [1.82, 2.24) is 4.98 Å². The minimum atomic E-state index is -0.291. The van der Waals surface area contributed by atoms with Crippen LogP contribution in [-0.4, -0.2) is 16.7 Å². The third-order valence-electron chi connectivity index (χ3n) is 3.53. The molecule has 0 fully saturated rings. The molecule has 0 bridgehead atoms. The van der Waals surface area contributed by atoms with Gasteiger partial charge < -0.3 is 5.32 Å². The van der Waals surface area contributed by atoms with Gasteiger partial charge in [0.2, 0.25) is 0 Å². The largest absolute Gasteiger partial charge is 0.321 e. The monoisotopic (exact) mass is 348 g/mol. The first-order valence-corrected chi connectivity index (χ1v) is 8.56. The highest BCUT2D eigenvalue weighted by Crippen LogP contribution is 2.29. The number of carbonyl (C=O) groups is 2. The van der Waals surface area contributed by atoms with Crippen LogP contribution in [0.5, 0.6) is 0 Å². The van der Waals surface area contributed by atoms with Crippen LogP contribution in [0.3, 0.4) is 0 Å². The van der Waals surface area contributed by atoms with Crippen LogP contribution < -0.4 is 5.32 Å². The Morgan fingerprint density at radius 2 is 1.56 bits per heavy atom. The Hall–Kier alpha value is -2.92. The fourth-order valence-electron chi connectivity index (χ4n) is 2.33. The van der Waals surface area contributed by atoms with Crippen LogP contribution in [-0.2, 0) is 0 Å². The van der Waals surface area contributed by atoms with Crippen molar-refractivity contribution < 1.29 is 9.59 Å². The summed E-state index contributed by atoms with van der Waals surface area (Å²) in [6, 6.07) is 20.2. The van der Waals surface area contributed by atoms with Gasteiger partial charge in [-0.15, -0.1) is 0 Å². The molecule has 124 valence electrons. The molecule has 25 heavy (non-hydrogen) atoms. The first-order valence-electron chi connectivity index (χ1n) is 7.74. The van der Waals surface area contributed by atoms with Crippen LogP contribution in [0.2, 0.25) is 0 Å². The topological polar surface area (TPSA) is 59.1 Å². The predicted molar refractivity (Wildman–Crippen MR) is 99.2 cm³/mol. The number of aromatic nitrogens is 1. The van der Waals surface area contributed by atoms with Gasteiger partial charge in [-0.2, -0.15) is 0 Å². The lowest BCUT2D eigenvalue weighted by Gasteiger charge is -2.11. The van der Waals surface area contributed by atoms with Crippen LogP contribution in [0.15, 0.2) is 82.8 Å². The van der Waals surface area contributed by atoms with Gasteiger partial charge in [0.25, 0.3) is 5.91 Å². The summed E-state index contributed by atoms with van der Waals surface area (Å²) in [5.41, 5.74) is 1.45. The highest BCUT2D eigenvalue weighted by atomic mass is 32.2. The fourth-order valence-corrected chi connectivity index (χ4v) is 3.23. The second-order valence-corrected chi connectivity index (χ2v) is 6.39. The van der Waals surface area contributed by atoms with Crippen LogP contribution in [0.1, 0.15) is 27.6 Å². The number of Topliss-reactive ketones (excluding diaryl/α,β-unsaturated/α-hetero) is 1. The van der Waals surface area contributed by atoms with E-state index in [2.05, 4.69) is 10.3 Å². The van der Waals surface area contributed by atoms with Gasteiger partial charge in [-0.3, -0.25) is 9.59 Å². The standard InChI is InChI=1S/C20H16N2O2S/c1-14(23)16-10-5-6-12-18(16)22-19(24)17-11-7-13-21-20(17)25-15-8-3-2-4-9-15/h2-13H,1H3,(H,22,24). The molecular weight excluding hydrogens is 332 g/mol. The molecule has 1 amide bonds. The Bertz CT molecular complexity index is 910. The molecule has 0 radical (unpaired) electrons. The van der Waals surface area contributed by atoms with Gasteiger partial charge in [-0.05, 0) is 43.3 Å². The zero-order valence-electron chi connectivity index (χ0n) is 13.6. The molecule has 0 aliphatic rings. The summed E-state index contributed by atoms with van der Waals surface area (Å²) in [5, 5.41) is 3.44. The second kappa shape index (κ2) is 7.77. The fraction of sp³-hybridized carbons (Fsp3) is 0.0500. The lowest BCUT2D eigenvalue weighted by molar-refractivity contribution is 0.101. The van der Waals surface area contributed by atoms with Gasteiger partial charge in [0.05, 0.1) is 11.3 Å². The molecule has 5 heteroatoms. The molecule has 2 aromatic carbocycles. The number of benzene rings is 2. The van der Waals surface area contributed by atoms with Crippen molar-refractivity contribution >= 4 is 29.1 Å². The average molecular weight is 348 g/mol. The number of anilines is 1. The van der Waals surface area contributed by atoms with Gasteiger partial charge in [0.1, 0.15) is 5.03 Å². The summed E-state index contributed by atoms with van der Waals surface area (Å²) in [4.78, 5) is 29.8. The number of hydrogen-bond donors (Lipinski definition) is 1. The summed E-state index contributed by atoms with van der Waals surface area (Å²) in [6.07, 6.45) is 1.66. The highest BCUT2D eigenvalue weighted by Gasteiger charge is 2.16. The third kappa shape index (κ3) is 4.14. The maximum atomic E-state index is 12.7. The van der Waals surface area contributed by atoms with Crippen LogP contribution in [0.25, 0.3) is 0 Å². The van der Waals surface area contributed by atoms with Gasteiger partial charge >= 0.3 is 0 Å². The van der Waals surface area contributed by atoms with E-state index in [1.54, 1.807) is 42.6 Å². The van der Waals surface area contributed by atoms with E-state index in [4.69, 9.17) is 0 Å². The Labute approximate surface area is 150 Å². The number of ketones is 1. The molecule has 1 aromatic heterocycles. The maximum Gasteiger partial charge on any atom is 0.258 e. The number of hydrogen-bond acceptors (Lipinski definition) is 4. The Morgan fingerprint density at radius 3 is 2.32 bits per heavy atom. The van der Waals surface area contributed by atoms with Gasteiger partial charge in [0.15, 0.2) is 5.78 Å². The van der Waals surface area contributed by atoms with Crippen molar-refractivity contribution in [2.45, 2.75) is 16.8 Å². The molecule has 3 rings (SSSR count). The van der Waals surface area contributed by atoms with Crippen molar-refractivity contribution in [2.24, 2.45) is 0 Å². The third-order valence-corrected chi connectivity index (χ3v) is 4.55. The van der Waals surface area contributed by atoms with E-state index in [0.717, 1.165) is 4.90 Å². The van der Waals surface area contributed by atoms with Crippen molar-refractivity contribution in [1.29, 1.82) is 0 Å². The number of carbonyl (C=O) groups excluding carboxylic acids is 2. The molecule has 4 nitrogen and oxygen atoms in total. The number of para-hydroxylation sites is 1. The van der Waals surface area contributed by atoms with Crippen molar-refractivity contribution in [3.05, 3.63) is 84.1 Å². The lowest BCUT2D eigenvalue weighted by atomic mass is 10.1. The smallest absolute Gasteiger partial charge is 0.258 e. The van der Waals surface area contributed by atoms with Gasteiger partial charge in [-0.25, -0.2) is 4.98 Å². The molecule has 0 atom stereocenters. The van der Waals surface area contributed by atoms with Crippen LogP contribution in [0, 0.1) is 0 Å². The zero-order chi connectivity index (χ0) is 17.6. The summed E-state index contributed by atoms with van der Waals surface area (Å²) < 4.78 is 0. The van der Waals surface area contributed by atoms with Gasteiger partial charge in [-0.1, -0.05) is 42.1 Å². The summed E-state index contributed by atoms with van der Waals surface area (Å²) in [5.74, 6) is -0.388. The van der Waals surface area contributed by atoms with Crippen molar-refractivity contribution in [3.8, 4) is 0 Å². The molecule has 0 aliphatic carbocycles. The first-order chi connectivity index (χ1) is 12.1. The van der Waals surface area contributed by atoms with Crippen molar-refractivity contribution in [3.63, 3.8) is 0 Å². The van der Waals surface area contributed by atoms with E-state index < -0.39 is 0 Å². The number of pyridine rings is 1. The SMILES string of the molecule is CC(=O)c1ccccc1NC(=O)c1cccnc1Sc1ccccc1. The van der Waals surface area contributed by atoms with Gasteiger partial charge in [0, 0.05) is 16.7 Å². The Morgan fingerprint density at radius 1 is 0.880 bits per heavy atom. The molecule has 0 aliphatic heterocycles. The molecule has 3 aromatic rings. The minimum absolute atomic E-state index is 0.0963. The number of rotatable bonds is 5. The minimum Gasteiger partial charge on any atom is -0.321 e. The number of nitrogens with one attached hydrogen (secondary N) is 1. The predicted octanol–water partition coefficient (Wildman–Crippen LogP) is 4.69. The molecule has 0 spiro atoms. The average Bonchev–Trinajstić information content (AvgIpc) is 2.63. The van der Waals surface area contributed by atoms with E-state index in [1.165, 1.54) is 18.7 Å².